The van der Waals surface area contributed by atoms with Gasteiger partial charge in [0.2, 0.25) is 5.91 Å². The molecule has 0 radical (unpaired) electrons. The number of hydrogen-bond donors (Lipinski definition) is 1. The average molecular weight is 393 g/mol. The lowest BCUT2D eigenvalue weighted by molar-refractivity contribution is -0.140. The van der Waals surface area contributed by atoms with Crippen LogP contribution in [0.2, 0.25) is 0 Å². The molecule has 0 unspecified atom stereocenters. The number of rotatable bonds is 4. The molecular formula is C18H14F3N3O2S. The van der Waals surface area contributed by atoms with Gasteiger partial charge in [0.25, 0.3) is 0 Å². The van der Waals surface area contributed by atoms with Crippen LogP contribution in [0.4, 0.5) is 18.3 Å². The Hall–Kier alpha value is -2.68. The zero-order chi connectivity index (χ0) is 19.0. The maximum absolute atomic E-state index is 12.6. The summed E-state index contributed by atoms with van der Waals surface area (Å²) >= 11 is 0.759. The van der Waals surface area contributed by atoms with E-state index in [9.17, 15) is 18.0 Å². The summed E-state index contributed by atoms with van der Waals surface area (Å²) in [5.41, 5.74) is -0.239. The molecule has 1 aliphatic rings. The number of carbonyl (C=O) groups is 1. The van der Waals surface area contributed by atoms with Crippen molar-refractivity contribution in [1.82, 2.24) is 9.97 Å². The Kier molecular flexibility index (Phi) is 4.47. The zero-order valence-corrected chi connectivity index (χ0v) is 14.7. The van der Waals surface area contributed by atoms with Crippen LogP contribution in [-0.2, 0) is 11.0 Å². The number of hydrogen-bond acceptors (Lipinski definition) is 5. The van der Waals surface area contributed by atoms with Crippen molar-refractivity contribution in [1.29, 1.82) is 0 Å². The van der Waals surface area contributed by atoms with Crippen molar-refractivity contribution < 1.29 is 22.7 Å². The highest BCUT2D eigenvalue weighted by Crippen LogP contribution is 2.35. The summed E-state index contributed by atoms with van der Waals surface area (Å²) in [6, 6.07) is 9.43. The Labute approximate surface area is 156 Å². The van der Waals surface area contributed by atoms with Crippen molar-refractivity contribution in [3.8, 4) is 5.75 Å². The molecule has 1 aliphatic carbocycles. The van der Waals surface area contributed by atoms with Gasteiger partial charge in [-0.3, -0.25) is 9.78 Å². The standard InChI is InChI=1S/C18H14F3N3O2S/c19-18(20,21)14-9-27-17(23-14)24-16(25)11-7-12(8-11)26-13-5-1-3-10-4-2-6-22-15(10)13/h1-6,9,11-12H,7-8H2,(H,23,24,25)/t11-,12-. The molecule has 0 atom stereocenters. The second-order valence-electron chi connectivity index (χ2n) is 6.26. The van der Waals surface area contributed by atoms with E-state index in [2.05, 4.69) is 15.3 Å². The number of amides is 1. The van der Waals surface area contributed by atoms with E-state index < -0.39 is 11.9 Å². The van der Waals surface area contributed by atoms with Gasteiger partial charge < -0.3 is 10.1 Å². The van der Waals surface area contributed by atoms with Crippen molar-refractivity contribution in [2.75, 3.05) is 5.32 Å². The highest BCUT2D eigenvalue weighted by atomic mass is 32.1. The van der Waals surface area contributed by atoms with Gasteiger partial charge in [-0.2, -0.15) is 13.2 Å². The van der Waals surface area contributed by atoms with Gasteiger partial charge in [0.15, 0.2) is 10.8 Å². The van der Waals surface area contributed by atoms with E-state index >= 15 is 0 Å². The summed E-state index contributed by atoms with van der Waals surface area (Å²) in [5, 5.41) is 4.25. The van der Waals surface area contributed by atoms with Gasteiger partial charge in [-0.25, -0.2) is 4.98 Å². The number of pyridine rings is 1. The lowest BCUT2D eigenvalue weighted by Crippen LogP contribution is -2.40. The summed E-state index contributed by atoms with van der Waals surface area (Å²) in [6.07, 6.45) is -1.97. The minimum absolute atomic E-state index is 0.0463. The van der Waals surface area contributed by atoms with Crippen molar-refractivity contribution in [2.45, 2.75) is 25.1 Å². The fraction of sp³-hybridized carbons (Fsp3) is 0.278. The Morgan fingerprint density at radius 1 is 1.22 bits per heavy atom. The van der Waals surface area contributed by atoms with Crippen molar-refractivity contribution >= 4 is 33.3 Å². The molecule has 0 saturated heterocycles. The molecule has 4 rings (SSSR count). The third kappa shape index (κ3) is 3.73. The van der Waals surface area contributed by atoms with Crippen molar-refractivity contribution in [3.05, 3.63) is 47.6 Å². The highest BCUT2D eigenvalue weighted by molar-refractivity contribution is 7.13. The third-order valence-electron chi connectivity index (χ3n) is 4.38. The monoisotopic (exact) mass is 393 g/mol. The molecule has 5 nitrogen and oxygen atoms in total. The summed E-state index contributed by atoms with van der Waals surface area (Å²) in [6.45, 7) is 0. The Morgan fingerprint density at radius 2 is 2.00 bits per heavy atom. The maximum Gasteiger partial charge on any atom is 0.434 e. The largest absolute Gasteiger partial charge is 0.488 e. The Balaban J connectivity index is 1.34. The first kappa shape index (κ1) is 17.7. The van der Waals surface area contributed by atoms with E-state index in [1.807, 2.05) is 30.3 Å². The van der Waals surface area contributed by atoms with Gasteiger partial charge in [-0.15, -0.1) is 11.3 Å². The van der Waals surface area contributed by atoms with E-state index in [4.69, 9.17) is 4.74 Å². The molecule has 0 aliphatic heterocycles. The molecule has 0 bridgehead atoms. The average Bonchev–Trinajstić information content (AvgIpc) is 3.06. The molecule has 0 spiro atoms. The molecule has 1 N–H and O–H groups in total. The molecule has 2 heterocycles. The number of anilines is 1. The van der Waals surface area contributed by atoms with Crippen LogP contribution >= 0.6 is 11.3 Å². The lowest BCUT2D eigenvalue weighted by Gasteiger charge is -2.34. The Bertz CT molecular complexity index is 978. The van der Waals surface area contributed by atoms with Crippen molar-refractivity contribution in [2.24, 2.45) is 5.92 Å². The van der Waals surface area contributed by atoms with Crippen LogP contribution in [0.1, 0.15) is 18.5 Å². The van der Waals surface area contributed by atoms with Crippen molar-refractivity contribution in [3.63, 3.8) is 0 Å². The van der Waals surface area contributed by atoms with Crippen LogP contribution < -0.4 is 10.1 Å². The first-order valence-electron chi connectivity index (χ1n) is 8.24. The first-order valence-corrected chi connectivity index (χ1v) is 9.12. The van der Waals surface area contributed by atoms with E-state index in [0.29, 0.717) is 18.6 Å². The number of carbonyl (C=O) groups excluding carboxylic acids is 1. The molecule has 1 amide bonds. The van der Waals surface area contributed by atoms with E-state index in [1.54, 1.807) is 6.20 Å². The second kappa shape index (κ2) is 6.80. The molecule has 1 aromatic carbocycles. The number of nitrogens with zero attached hydrogens (tertiary/aromatic N) is 2. The van der Waals surface area contributed by atoms with E-state index in [-0.39, 0.29) is 23.1 Å². The first-order chi connectivity index (χ1) is 12.9. The smallest absolute Gasteiger partial charge is 0.434 e. The molecule has 3 aromatic rings. The summed E-state index contributed by atoms with van der Waals surface area (Å²) in [5.74, 6) is 0.0110. The van der Waals surface area contributed by atoms with E-state index in [1.165, 1.54) is 0 Å². The van der Waals surface area contributed by atoms with Gasteiger partial charge in [-0.1, -0.05) is 18.2 Å². The maximum atomic E-state index is 12.6. The number of nitrogens with one attached hydrogen (secondary N) is 1. The predicted octanol–water partition coefficient (Wildman–Crippen LogP) is 4.51. The normalized spacial score (nSPS) is 19.5. The number of fused-ring (bicyclic) bond motifs is 1. The second-order valence-corrected chi connectivity index (χ2v) is 7.12. The third-order valence-corrected chi connectivity index (χ3v) is 5.14. The Morgan fingerprint density at radius 3 is 2.74 bits per heavy atom. The fourth-order valence-corrected chi connectivity index (χ4v) is 3.62. The van der Waals surface area contributed by atoms with Crippen LogP contribution in [-0.4, -0.2) is 22.0 Å². The molecule has 2 aromatic heterocycles. The predicted molar refractivity (Wildman–Crippen MR) is 94.6 cm³/mol. The summed E-state index contributed by atoms with van der Waals surface area (Å²) in [4.78, 5) is 19.9. The van der Waals surface area contributed by atoms with E-state index in [0.717, 1.165) is 27.6 Å². The number of halogens is 3. The minimum atomic E-state index is -4.51. The van der Waals surface area contributed by atoms with Crippen LogP contribution in [0.15, 0.2) is 41.9 Å². The SMILES string of the molecule is O=C(Nc1nc(C(F)(F)F)cs1)[C@H]1C[C@H](Oc2cccc3cccnc23)C1. The number of alkyl halides is 3. The number of benzene rings is 1. The topological polar surface area (TPSA) is 64.1 Å². The van der Waals surface area contributed by atoms with Crippen LogP contribution in [0, 0.1) is 5.92 Å². The molecule has 140 valence electrons. The molecule has 1 saturated carbocycles. The zero-order valence-electron chi connectivity index (χ0n) is 13.9. The van der Waals surface area contributed by atoms with Gasteiger partial charge in [0.1, 0.15) is 17.4 Å². The number of aromatic nitrogens is 2. The minimum Gasteiger partial charge on any atom is -0.488 e. The van der Waals surface area contributed by atoms with Gasteiger partial charge in [-0.05, 0) is 25.0 Å². The number of ether oxygens (including phenoxy) is 1. The molecule has 27 heavy (non-hydrogen) atoms. The number of para-hydroxylation sites is 1. The van der Waals surface area contributed by atoms with Crippen LogP contribution in [0.25, 0.3) is 10.9 Å². The van der Waals surface area contributed by atoms with Crippen LogP contribution in [0.3, 0.4) is 0 Å². The fourth-order valence-electron chi connectivity index (χ4n) is 2.90. The van der Waals surface area contributed by atoms with Gasteiger partial charge in [0.05, 0.1) is 0 Å². The molecular weight excluding hydrogens is 379 g/mol. The summed E-state index contributed by atoms with van der Waals surface area (Å²) in [7, 11) is 0. The molecule has 9 heteroatoms. The van der Waals surface area contributed by atoms with Crippen LogP contribution in [0.5, 0.6) is 5.75 Å². The highest BCUT2D eigenvalue weighted by Gasteiger charge is 2.38. The molecule has 1 fully saturated rings. The number of thiazole rings is 1. The lowest BCUT2D eigenvalue weighted by atomic mass is 9.81. The summed E-state index contributed by atoms with van der Waals surface area (Å²) < 4.78 is 43.6. The van der Waals surface area contributed by atoms with Gasteiger partial charge in [0, 0.05) is 22.9 Å². The van der Waals surface area contributed by atoms with Gasteiger partial charge >= 0.3 is 6.18 Å². The quantitative estimate of drug-likeness (QED) is 0.709.